The van der Waals surface area contributed by atoms with Gasteiger partial charge in [-0.05, 0) is 24.3 Å². The average molecular weight is 337 g/mol. The molecule has 25 heavy (non-hydrogen) atoms. The number of methoxy groups -OCH3 is 1. The zero-order chi connectivity index (χ0) is 17.6. The molecule has 0 aliphatic rings. The highest BCUT2D eigenvalue weighted by molar-refractivity contribution is 5.65. The summed E-state index contributed by atoms with van der Waals surface area (Å²) in [4.78, 5) is 29.7. The van der Waals surface area contributed by atoms with Gasteiger partial charge >= 0.3 is 0 Å². The van der Waals surface area contributed by atoms with Crippen LogP contribution in [0.1, 0.15) is 5.69 Å². The SMILES string of the molecule is COc1ncccc1-c1cc(=O)[nH]c(N(C)CCc2ccccn2)n1. The molecule has 0 saturated carbocycles. The van der Waals surface area contributed by atoms with Gasteiger partial charge in [0, 0.05) is 44.2 Å². The van der Waals surface area contributed by atoms with Crippen LogP contribution in [0.2, 0.25) is 0 Å². The van der Waals surface area contributed by atoms with Crippen molar-refractivity contribution < 1.29 is 4.74 Å². The highest BCUT2D eigenvalue weighted by Crippen LogP contribution is 2.25. The first-order valence-electron chi connectivity index (χ1n) is 7.89. The molecule has 0 radical (unpaired) electrons. The zero-order valence-electron chi connectivity index (χ0n) is 14.1. The van der Waals surface area contributed by atoms with Crippen molar-refractivity contribution in [3.05, 3.63) is 64.8 Å². The van der Waals surface area contributed by atoms with Crippen LogP contribution in [0.3, 0.4) is 0 Å². The number of aromatic amines is 1. The van der Waals surface area contributed by atoms with Gasteiger partial charge in [0.15, 0.2) is 0 Å². The standard InChI is InChI=1S/C18H19N5O2/c1-23(11-8-13-6-3-4-9-19-13)18-21-15(12-16(24)22-18)14-7-5-10-20-17(14)25-2/h3-7,9-10,12H,8,11H2,1-2H3,(H,21,22,24). The van der Waals surface area contributed by atoms with E-state index in [9.17, 15) is 4.79 Å². The number of H-pyrrole nitrogens is 1. The molecule has 0 spiro atoms. The van der Waals surface area contributed by atoms with E-state index in [1.54, 1.807) is 25.6 Å². The smallest absolute Gasteiger partial charge is 0.252 e. The minimum atomic E-state index is -0.226. The van der Waals surface area contributed by atoms with Crippen LogP contribution in [0.15, 0.2) is 53.6 Å². The molecule has 0 bridgehead atoms. The average Bonchev–Trinajstić information content (AvgIpc) is 2.66. The number of nitrogens with one attached hydrogen (secondary N) is 1. The first kappa shape index (κ1) is 16.6. The molecular weight excluding hydrogens is 318 g/mol. The van der Waals surface area contributed by atoms with Crippen molar-refractivity contribution in [1.29, 1.82) is 0 Å². The number of hydrogen-bond acceptors (Lipinski definition) is 6. The summed E-state index contributed by atoms with van der Waals surface area (Å²) in [5.74, 6) is 0.923. The number of likely N-dealkylation sites (N-methyl/N-ethyl adjacent to an activating group) is 1. The summed E-state index contributed by atoms with van der Waals surface area (Å²) in [6.07, 6.45) is 4.15. The van der Waals surface area contributed by atoms with Crippen molar-refractivity contribution in [1.82, 2.24) is 19.9 Å². The Morgan fingerprint density at radius 1 is 1.16 bits per heavy atom. The number of rotatable bonds is 6. The van der Waals surface area contributed by atoms with Crippen molar-refractivity contribution in [3.63, 3.8) is 0 Å². The maximum absolute atomic E-state index is 12.1. The molecule has 0 aromatic carbocycles. The van der Waals surface area contributed by atoms with E-state index in [-0.39, 0.29) is 5.56 Å². The van der Waals surface area contributed by atoms with Crippen molar-refractivity contribution in [2.45, 2.75) is 6.42 Å². The summed E-state index contributed by atoms with van der Waals surface area (Å²) in [7, 11) is 3.42. The van der Waals surface area contributed by atoms with Crippen LogP contribution in [0.5, 0.6) is 5.88 Å². The van der Waals surface area contributed by atoms with E-state index in [4.69, 9.17) is 4.74 Å². The van der Waals surface area contributed by atoms with Crippen LogP contribution in [-0.4, -0.2) is 40.6 Å². The number of nitrogens with zero attached hydrogens (tertiary/aromatic N) is 4. The van der Waals surface area contributed by atoms with Gasteiger partial charge in [0.2, 0.25) is 11.8 Å². The summed E-state index contributed by atoms with van der Waals surface area (Å²) in [6, 6.07) is 10.9. The summed E-state index contributed by atoms with van der Waals surface area (Å²) < 4.78 is 5.26. The van der Waals surface area contributed by atoms with Gasteiger partial charge in [-0.15, -0.1) is 0 Å². The second-order valence-electron chi connectivity index (χ2n) is 5.51. The lowest BCUT2D eigenvalue weighted by Crippen LogP contribution is -2.25. The molecule has 0 unspecified atom stereocenters. The largest absolute Gasteiger partial charge is 0.481 e. The van der Waals surface area contributed by atoms with E-state index >= 15 is 0 Å². The molecule has 7 nitrogen and oxygen atoms in total. The predicted octanol–water partition coefficient (Wildman–Crippen LogP) is 1.91. The lowest BCUT2D eigenvalue weighted by atomic mass is 10.2. The van der Waals surface area contributed by atoms with E-state index in [1.807, 2.05) is 36.2 Å². The molecular formula is C18H19N5O2. The monoisotopic (exact) mass is 337 g/mol. The minimum absolute atomic E-state index is 0.226. The maximum atomic E-state index is 12.1. The quantitative estimate of drug-likeness (QED) is 0.740. The molecule has 3 aromatic rings. The third-order valence-electron chi connectivity index (χ3n) is 3.76. The van der Waals surface area contributed by atoms with Gasteiger partial charge in [-0.3, -0.25) is 14.8 Å². The van der Waals surface area contributed by atoms with E-state index in [0.29, 0.717) is 29.6 Å². The van der Waals surface area contributed by atoms with Gasteiger partial charge in [0.05, 0.1) is 18.4 Å². The van der Waals surface area contributed by atoms with Crippen molar-refractivity contribution >= 4 is 5.95 Å². The zero-order valence-corrected chi connectivity index (χ0v) is 14.1. The number of hydrogen-bond donors (Lipinski definition) is 1. The number of ether oxygens (including phenoxy) is 1. The second kappa shape index (κ2) is 7.57. The fourth-order valence-corrected chi connectivity index (χ4v) is 2.45. The van der Waals surface area contributed by atoms with E-state index < -0.39 is 0 Å². The Labute approximate surface area is 145 Å². The molecule has 0 aliphatic heterocycles. The van der Waals surface area contributed by atoms with Crippen LogP contribution < -0.4 is 15.2 Å². The van der Waals surface area contributed by atoms with Crippen LogP contribution >= 0.6 is 0 Å². The Morgan fingerprint density at radius 3 is 2.76 bits per heavy atom. The highest BCUT2D eigenvalue weighted by atomic mass is 16.5. The molecule has 0 fully saturated rings. The first-order valence-corrected chi connectivity index (χ1v) is 7.89. The van der Waals surface area contributed by atoms with Gasteiger partial charge in [-0.1, -0.05) is 6.07 Å². The minimum Gasteiger partial charge on any atom is -0.481 e. The summed E-state index contributed by atoms with van der Waals surface area (Å²) in [5.41, 5.74) is 1.96. The van der Waals surface area contributed by atoms with Gasteiger partial charge in [0.1, 0.15) is 0 Å². The summed E-state index contributed by atoms with van der Waals surface area (Å²) >= 11 is 0. The lowest BCUT2D eigenvalue weighted by molar-refractivity contribution is 0.399. The lowest BCUT2D eigenvalue weighted by Gasteiger charge is -2.18. The normalized spacial score (nSPS) is 10.5. The Bertz CT molecular complexity index is 895. The van der Waals surface area contributed by atoms with Crippen molar-refractivity contribution in [2.24, 2.45) is 0 Å². The highest BCUT2D eigenvalue weighted by Gasteiger charge is 2.12. The Balaban J connectivity index is 1.85. The topological polar surface area (TPSA) is 84.0 Å². The molecule has 0 saturated heterocycles. The third-order valence-corrected chi connectivity index (χ3v) is 3.76. The van der Waals surface area contributed by atoms with Crippen LogP contribution in [0, 0.1) is 0 Å². The number of aromatic nitrogens is 4. The van der Waals surface area contributed by atoms with Crippen LogP contribution in [0.4, 0.5) is 5.95 Å². The van der Waals surface area contributed by atoms with Crippen LogP contribution in [-0.2, 0) is 6.42 Å². The van der Waals surface area contributed by atoms with E-state index in [1.165, 1.54) is 6.07 Å². The number of anilines is 1. The molecule has 0 atom stereocenters. The molecule has 0 amide bonds. The fraction of sp³-hybridized carbons (Fsp3) is 0.222. The number of pyridine rings is 2. The Morgan fingerprint density at radius 2 is 2.00 bits per heavy atom. The molecule has 1 N–H and O–H groups in total. The van der Waals surface area contributed by atoms with Gasteiger partial charge in [-0.25, -0.2) is 9.97 Å². The van der Waals surface area contributed by atoms with Gasteiger partial charge in [0.25, 0.3) is 5.56 Å². The third kappa shape index (κ3) is 4.00. The summed E-state index contributed by atoms with van der Waals surface area (Å²) in [6.45, 7) is 0.674. The maximum Gasteiger partial charge on any atom is 0.252 e. The predicted molar refractivity (Wildman–Crippen MR) is 95.9 cm³/mol. The summed E-state index contributed by atoms with van der Waals surface area (Å²) in [5, 5.41) is 0. The van der Waals surface area contributed by atoms with Crippen molar-refractivity contribution in [3.8, 4) is 17.1 Å². The Hall–Kier alpha value is -3.22. The van der Waals surface area contributed by atoms with Gasteiger partial charge in [-0.2, -0.15) is 0 Å². The molecule has 3 heterocycles. The Kier molecular flexibility index (Phi) is 5.03. The molecule has 0 aliphatic carbocycles. The molecule has 3 rings (SSSR count). The molecule has 3 aromatic heterocycles. The van der Waals surface area contributed by atoms with E-state index in [0.717, 1.165) is 12.1 Å². The second-order valence-corrected chi connectivity index (χ2v) is 5.51. The molecule has 7 heteroatoms. The molecule has 128 valence electrons. The fourth-order valence-electron chi connectivity index (χ4n) is 2.45. The van der Waals surface area contributed by atoms with Crippen LogP contribution in [0.25, 0.3) is 11.3 Å². The van der Waals surface area contributed by atoms with Crippen molar-refractivity contribution in [2.75, 3.05) is 25.6 Å². The van der Waals surface area contributed by atoms with E-state index in [2.05, 4.69) is 19.9 Å². The van der Waals surface area contributed by atoms with Gasteiger partial charge < -0.3 is 9.64 Å². The first-order chi connectivity index (χ1) is 12.2.